The predicted molar refractivity (Wildman–Crippen MR) is 98.6 cm³/mol. The number of furan rings is 1. The number of aromatic nitrogens is 2. The summed E-state index contributed by atoms with van der Waals surface area (Å²) in [5, 5.41) is 6.06. The highest BCUT2D eigenvalue weighted by Crippen LogP contribution is 2.28. The van der Waals surface area contributed by atoms with Crippen LogP contribution in [-0.4, -0.2) is 15.7 Å². The SMILES string of the molecule is CC(F)(F)c1ccc(Cn2ccc(NC(=O)/C=C/c3c(F)ccc(F)c3Cl)n2)o1. The van der Waals surface area contributed by atoms with E-state index >= 15 is 0 Å². The Labute approximate surface area is 167 Å². The maximum atomic E-state index is 13.7. The van der Waals surface area contributed by atoms with E-state index in [2.05, 4.69) is 10.4 Å². The summed E-state index contributed by atoms with van der Waals surface area (Å²) in [5.74, 6) is -5.36. The van der Waals surface area contributed by atoms with Crippen molar-refractivity contribution >= 4 is 29.4 Å². The molecule has 3 rings (SSSR count). The van der Waals surface area contributed by atoms with Crippen molar-refractivity contribution in [1.82, 2.24) is 9.78 Å². The summed E-state index contributed by atoms with van der Waals surface area (Å²) >= 11 is 5.68. The van der Waals surface area contributed by atoms with Crippen LogP contribution in [0.3, 0.4) is 0 Å². The van der Waals surface area contributed by atoms with Crippen molar-refractivity contribution in [3.63, 3.8) is 0 Å². The van der Waals surface area contributed by atoms with Crippen molar-refractivity contribution in [2.24, 2.45) is 0 Å². The van der Waals surface area contributed by atoms with E-state index in [4.69, 9.17) is 16.0 Å². The Hall–Kier alpha value is -3.07. The second-order valence-electron chi connectivity index (χ2n) is 6.13. The van der Waals surface area contributed by atoms with Crippen LogP contribution in [0.25, 0.3) is 6.08 Å². The van der Waals surface area contributed by atoms with Gasteiger partial charge in [-0.3, -0.25) is 9.48 Å². The lowest BCUT2D eigenvalue weighted by Gasteiger charge is -2.05. The van der Waals surface area contributed by atoms with Gasteiger partial charge in [0.05, 0.1) is 11.6 Å². The fourth-order valence-electron chi connectivity index (χ4n) is 2.40. The maximum absolute atomic E-state index is 13.7. The van der Waals surface area contributed by atoms with E-state index in [0.717, 1.165) is 31.2 Å². The molecule has 2 heterocycles. The second-order valence-corrected chi connectivity index (χ2v) is 6.51. The van der Waals surface area contributed by atoms with Gasteiger partial charge in [-0.15, -0.1) is 0 Å². The third-order valence-corrected chi connectivity index (χ3v) is 4.17. The fourth-order valence-corrected chi connectivity index (χ4v) is 2.61. The lowest BCUT2D eigenvalue weighted by molar-refractivity contribution is -0.111. The first-order chi connectivity index (χ1) is 13.6. The minimum atomic E-state index is -3.09. The Morgan fingerprint density at radius 2 is 1.97 bits per heavy atom. The van der Waals surface area contributed by atoms with E-state index in [1.165, 1.54) is 29.1 Å². The first kappa shape index (κ1) is 20.7. The van der Waals surface area contributed by atoms with Gasteiger partial charge in [0, 0.05) is 30.8 Å². The molecule has 1 N–H and O–H groups in total. The van der Waals surface area contributed by atoms with Gasteiger partial charge in [0.25, 0.3) is 0 Å². The summed E-state index contributed by atoms with van der Waals surface area (Å²) < 4.78 is 59.9. The average Bonchev–Trinajstić information content (AvgIpc) is 3.28. The number of hydrogen-bond acceptors (Lipinski definition) is 3. The van der Waals surface area contributed by atoms with Gasteiger partial charge in [0.15, 0.2) is 11.6 Å². The molecule has 3 aromatic rings. The number of halogens is 5. The van der Waals surface area contributed by atoms with E-state index in [1.807, 2.05) is 0 Å². The molecule has 0 aliphatic rings. The first-order valence-electron chi connectivity index (χ1n) is 8.26. The van der Waals surface area contributed by atoms with Gasteiger partial charge in [-0.25, -0.2) is 8.78 Å². The molecule has 0 atom stereocenters. The van der Waals surface area contributed by atoms with Crippen LogP contribution in [0.2, 0.25) is 5.02 Å². The zero-order chi connectivity index (χ0) is 21.2. The van der Waals surface area contributed by atoms with Crippen LogP contribution in [0.4, 0.5) is 23.4 Å². The zero-order valence-corrected chi connectivity index (χ0v) is 15.7. The number of nitrogens with zero attached hydrogens (tertiary/aromatic N) is 2. The lowest BCUT2D eigenvalue weighted by Crippen LogP contribution is -2.09. The van der Waals surface area contributed by atoms with Crippen LogP contribution < -0.4 is 5.32 Å². The molecule has 0 unspecified atom stereocenters. The number of amides is 1. The van der Waals surface area contributed by atoms with Gasteiger partial charge in [-0.2, -0.15) is 13.9 Å². The molecule has 10 heteroatoms. The van der Waals surface area contributed by atoms with Crippen LogP contribution in [-0.2, 0) is 17.3 Å². The number of hydrogen-bond donors (Lipinski definition) is 1. The summed E-state index contributed by atoms with van der Waals surface area (Å²) in [5.41, 5.74) is -0.256. The average molecular weight is 428 g/mol. The highest BCUT2D eigenvalue weighted by atomic mass is 35.5. The van der Waals surface area contributed by atoms with E-state index < -0.39 is 34.2 Å². The molecule has 1 amide bonds. The third kappa shape index (κ3) is 5.05. The molecule has 0 radical (unpaired) electrons. The van der Waals surface area contributed by atoms with E-state index in [9.17, 15) is 22.4 Å². The minimum absolute atomic E-state index is 0.0753. The van der Waals surface area contributed by atoms with Crippen molar-refractivity contribution in [3.05, 3.63) is 76.3 Å². The molecule has 0 fully saturated rings. The molecule has 0 aliphatic heterocycles. The summed E-state index contributed by atoms with van der Waals surface area (Å²) in [6.07, 6.45) is 3.53. The van der Waals surface area contributed by atoms with Crippen LogP contribution in [0, 0.1) is 11.6 Å². The van der Waals surface area contributed by atoms with Crippen molar-refractivity contribution < 1.29 is 26.8 Å². The Kier molecular flexibility index (Phi) is 5.78. The standard InChI is InChI=1S/C19H14ClF4N3O2/c1-19(23,24)15-6-2-11(29-15)10-27-9-8-16(26-27)25-17(28)7-3-12-13(21)4-5-14(22)18(12)20/h2-9H,10H2,1H3,(H,25,26,28)/b7-3+. The molecule has 152 valence electrons. The lowest BCUT2D eigenvalue weighted by atomic mass is 10.2. The van der Waals surface area contributed by atoms with E-state index in [0.29, 0.717) is 0 Å². The molecule has 5 nitrogen and oxygen atoms in total. The number of anilines is 1. The Morgan fingerprint density at radius 1 is 1.24 bits per heavy atom. The van der Waals surface area contributed by atoms with Gasteiger partial charge in [-0.1, -0.05) is 11.6 Å². The quantitative estimate of drug-likeness (QED) is 0.333. The normalized spacial score (nSPS) is 11.9. The van der Waals surface area contributed by atoms with E-state index in [-0.39, 0.29) is 23.7 Å². The maximum Gasteiger partial charge on any atom is 0.301 e. The number of rotatable bonds is 6. The topological polar surface area (TPSA) is 60.1 Å². The monoisotopic (exact) mass is 427 g/mol. The molecule has 2 aromatic heterocycles. The second kappa shape index (κ2) is 8.12. The molecular formula is C19H14ClF4N3O2. The number of alkyl halides is 2. The summed E-state index contributed by atoms with van der Waals surface area (Å²) in [6.45, 7) is 0.805. The van der Waals surface area contributed by atoms with Crippen molar-refractivity contribution in [2.45, 2.75) is 19.4 Å². The Morgan fingerprint density at radius 3 is 2.66 bits per heavy atom. The van der Waals surface area contributed by atoms with Gasteiger partial charge in [0.2, 0.25) is 5.91 Å². The van der Waals surface area contributed by atoms with Crippen molar-refractivity contribution in [2.75, 3.05) is 5.32 Å². The number of nitrogens with one attached hydrogen (secondary N) is 1. The molecule has 0 saturated carbocycles. The highest BCUT2D eigenvalue weighted by Gasteiger charge is 2.28. The Bertz CT molecular complexity index is 1070. The van der Waals surface area contributed by atoms with Crippen molar-refractivity contribution in [3.8, 4) is 0 Å². The molecule has 29 heavy (non-hydrogen) atoms. The number of carbonyl (C=O) groups excluding carboxylic acids is 1. The Balaban J connectivity index is 1.63. The highest BCUT2D eigenvalue weighted by molar-refractivity contribution is 6.32. The molecule has 0 bridgehead atoms. The van der Waals surface area contributed by atoms with Crippen LogP contribution in [0.1, 0.15) is 24.0 Å². The zero-order valence-electron chi connectivity index (χ0n) is 14.9. The van der Waals surface area contributed by atoms with Gasteiger partial charge < -0.3 is 9.73 Å². The fraction of sp³-hybridized carbons (Fsp3) is 0.158. The third-order valence-electron chi connectivity index (χ3n) is 3.78. The summed E-state index contributed by atoms with van der Waals surface area (Å²) in [6, 6.07) is 5.84. The van der Waals surface area contributed by atoms with Crippen LogP contribution in [0.5, 0.6) is 0 Å². The van der Waals surface area contributed by atoms with Crippen LogP contribution in [0.15, 0.2) is 47.0 Å². The van der Waals surface area contributed by atoms with Gasteiger partial charge in [0.1, 0.15) is 17.4 Å². The minimum Gasteiger partial charge on any atom is -0.458 e. The molecule has 0 aliphatic carbocycles. The largest absolute Gasteiger partial charge is 0.458 e. The van der Waals surface area contributed by atoms with Crippen molar-refractivity contribution in [1.29, 1.82) is 0 Å². The first-order valence-corrected chi connectivity index (χ1v) is 8.64. The summed E-state index contributed by atoms with van der Waals surface area (Å²) in [7, 11) is 0. The number of carbonyl (C=O) groups is 1. The van der Waals surface area contributed by atoms with Crippen LogP contribution >= 0.6 is 11.6 Å². The van der Waals surface area contributed by atoms with Gasteiger partial charge >= 0.3 is 5.92 Å². The predicted octanol–water partition coefficient (Wildman–Crippen LogP) is 5.22. The number of benzene rings is 1. The van der Waals surface area contributed by atoms with E-state index in [1.54, 1.807) is 0 Å². The van der Waals surface area contributed by atoms with Gasteiger partial charge in [-0.05, 0) is 30.3 Å². The molecule has 0 spiro atoms. The molecular weight excluding hydrogens is 414 g/mol. The molecule has 1 aromatic carbocycles. The summed E-state index contributed by atoms with van der Waals surface area (Å²) in [4.78, 5) is 12.0. The smallest absolute Gasteiger partial charge is 0.301 e. The molecule has 0 saturated heterocycles.